The number of carbonyl (C=O) groups excluding carboxylic acids is 1. The molecule has 0 N–H and O–H groups in total. The van der Waals surface area contributed by atoms with Crippen LogP contribution in [0.15, 0.2) is 46.6 Å². The van der Waals surface area contributed by atoms with Gasteiger partial charge in [0.05, 0.1) is 11.8 Å². The third-order valence-electron chi connectivity index (χ3n) is 3.50. The van der Waals surface area contributed by atoms with E-state index in [2.05, 4.69) is 4.74 Å². The molecule has 2 rings (SSSR count). The SMILES string of the molecule is Cc1occc1C(=O)/C(C#N)=C/c1ccc(OC(F)(F)[C@H](F)C(F)(F)F)cc1. The molecule has 1 heterocycles. The summed E-state index contributed by atoms with van der Waals surface area (Å²) in [5.41, 5.74) is 0.0762. The van der Waals surface area contributed by atoms with Crippen LogP contribution in [0.25, 0.3) is 6.08 Å². The lowest BCUT2D eigenvalue weighted by Gasteiger charge is -2.23. The van der Waals surface area contributed by atoms with E-state index in [1.807, 2.05) is 0 Å². The molecular weight excluding hydrogens is 392 g/mol. The van der Waals surface area contributed by atoms with Crippen molar-refractivity contribution in [3.63, 3.8) is 0 Å². The molecule has 0 spiro atoms. The summed E-state index contributed by atoms with van der Waals surface area (Å²) in [4.78, 5) is 12.3. The molecule has 0 unspecified atom stereocenters. The Balaban J connectivity index is 2.20. The van der Waals surface area contributed by atoms with Crippen LogP contribution in [0.5, 0.6) is 5.75 Å². The van der Waals surface area contributed by atoms with E-state index in [-0.39, 0.29) is 16.7 Å². The molecule has 0 aliphatic heterocycles. The Hall–Kier alpha value is -3.22. The maximum atomic E-state index is 13.2. The maximum Gasteiger partial charge on any atom is 0.439 e. The lowest BCUT2D eigenvalue weighted by Crippen LogP contribution is -2.45. The summed E-state index contributed by atoms with van der Waals surface area (Å²) < 4.78 is 84.4. The van der Waals surface area contributed by atoms with E-state index in [1.54, 1.807) is 6.07 Å². The minimum atomic E-state index is -5.79. The minimum Gasteiger partial charge on any atom is -0.469 e. The van der Waals surface area contributed by atoms with Gasteiger partial charge in [0.15, 0.2) is 0 Å². The first-order valence-electron chi connectivity index (χ1n) is 7.54. The zero-order chi connectivity index (χ0) is 21.1. The lowest BCUT2D eigenvalue weighted by molar-refractivity contribution is -0.304. The number of hydrogen-bond donors (Lipinski definition) is 0. The highest BCUT2D eigenvalue weighted by Crippen LogP contribution is 2.36. The molecule has 0 bridgehead atoms. The molecule has 28 heavy (non-hydrogen) atoms. The molecule has 0 saturated carbocycles. The molecule has 0 radical (unpaired) electrons. The number of furan rings is 1. The minimum absolute atomic E-state index is 0.161. The van der Waals surface area contributed by atoms with Crippen LogP contribution in [0.3, 0.4) is 0 Å². The molecule has 2 aromatic rings. The van der Waals surface area contributed by atoms with Crippen LogP contribution in [0.2, 0.25) is 0 Å². The molecule has 1 atom stereocenters. The number of ketones is 1. The highest BCUT2D eigenvalue weighted by molar-refractivity contribution is 6.14. The van der Waals surface area contributed by atoms with Crippen molar-refractivity contribution in [1.82, 2.24) is 0 Å². The van der Waals surface area contributed by atoms with E-state index in [1.165, 1.54) is 19.3 Å². The monoisotopic (exact) mass is 403 g/mol. The van der Waals surface area contributed by atoms with Crippen molar-refractivity contribution >= 4 is 11.9 Å². The molecule has 10 heteroatoms. The number of hydrogen-bond acceptors (Lipinski definition) is 4. The Kier molecular flexibility index (Phi) is 5.87. The molecule has 1 aromatic carbocycles. The average molecular weight is 403 g/mol. The van der Waals surface area contributed by atoms with Gasteiger partial charge in [0.1, 0.15) is 23.2 Å². The second-order valence-electron chi connectivity index (χ2n) is 5.53. The number of carbonyl (C=O) groups is 1. The van der Waals surface area contributed by atoms with Crippen LogP contribution in [0.1, 0.15) is 21.7 Å². The number of alkyl halides is 6. The summed E-state index contributed by atoms with van der Waals surface area (Å²) in [7, 11) is 0. The van der Waals surface area contributed by atoms with Crippen molar-refractivity contribution < 1.29 is 40.3 Å². The Bertz CT molecular complexity index is 922. The first-order chi connectivity index (χ1) is 13.0. The van der Waals surface area contributed by atoms with Crippen molar-refractivity contribution in [3.05, 3.63) is 59.1 Å². The van der Waals surface area contributed by atoms with Gasteiger partial charge in [-0.1, -0.05) is 12.1 Å². The van der Waals surface area contributed by atoms with E-state index in [0.717, 1.165) is 30.3 Å². The summed E-state index contributed by atoms with van der Waals surface area (Å²) in [6.07, 6.45) is -13.0. The Morgan fingerprint density at radius 3 is 2.25 bits per heavy atom. The van der Waals surface area contributed by atoms with Crippen molar-refractivity contribution in [1.29, 1.82) is 5.26 Å². The normalized spacial score (nSPS) is 13.7. The fourth-order valence-electron chi connectivity index (χ4n) is 2.11. The van der Waals surface area contributed by atoms with Crippen molar-refractivity contribution in [2.75, 3.05) is 0 Å². The Labute approximate surface area is 154 Å². The van der Waals surface area contributed by atoms with Crippen LogP contribution in [-0.2, 0) is 0 Å². The lowest BCUT2D eigenvalue weighted by atomic mass is 10.0. The number of benzene rings is 1. The number of ether oxygens (including phenoxy) is 1. The summed E-state index contributed by atoms with van der Waals surface area (Å²) in [6, 6.07) is 6.99. The van der Waals surface area contributed by atoms with Gasteiger partial charge in [-0.05, 0) is 36.8 Å². The van der Waals surface area contributed by atoms with E-state index in [0.29, 0.717) is 5.76 Å². The molecule has 0 amide bonds. The molecule has 4 nitrogen and oxygen atoms in total. The first kappa shape index (κ1) is 21.1. The maximum absolute atomic E-state index is 13.2. The number of rotatable bonds is 6. The molecule has 0 aliphatic carbocycles. The van der Waals surface area contributed by atoms with Gasteiger partial charge in [0, 0.05) is 0 Å². The highest BCUT2D eigenvalue weighted by atomic mass is 19.4. The first-order valence-corrected chi connectivity index (χ1v) is 7.54. The third-order valence-corrected chi connectivity index (χ3v) is 3.50. The van der Waals surface area contributed by atoms with Gasteiger partial charge in [-0.15, -0.1) is 0 Å². The van der Waals surface area contributed by atoms with Crippen LogP contribution < -0.4 is 4.74 Å². The van der Waals surface area contributed by atoms with Gasteiger partial charge in [-0.3, -0.25) is 4.79 Å². The fourth-order valence-corrected chi connectivity index (χ4v) is 2.11. The number of nitrogens with zero attached hydrogens (tertiary/aromatic N) is 1. The third kappa shape index (κ3) is 4.73. The fraction of sp³-hybridized carbons (Fsp3) is 0.222. The number of allylic oxidation sites excluding steroid dienone is 1. The zero-order valence-electron chi connectivity index (χ0n) is 14.1. The smallest absolute Gasteiger partial charge is 0.439 e. The summed E-state index contributed by atoms with van der Waals surface area (Å²) >= 11 is 0. The number of Topliss-reactive ketones (excluding diaryl/α,β-unsaturated/α-hetero) is 1. The van der Waals surface area contributed by atoms with Gasteiger partial charge in [0.25, 0.3) is 6.17 Å². The van der Waals surface area contributed by atoms with Gasteiger partial charge >= 0.3 is 12.3 Å². The zero-order valence-corrected chi connectivity index (χ0v) is 14.1. The summed E-state index contributed by atoms with van der Waals surface area (Å²) in [5.74, 6) is -1.07. The Morgan fingerprint density at radius 1 is 1.18 bits per heavy atom. The molecular formula is C18H11F6NO3. The van der Waals surface area contributed by atoms with Crippen LogP contribution in [0.4, 0.5) is 26.3 Å². The van der Waals surface area contributed by atoms with Crippen molar-refractivity contribution in [2.45, 2.75) is 25.4 Å². The number of nitriles is 1. The highest BCUT2D eigenvalue weighted by Gasteiger charge is 2.59. The van der Waals surface area contributed by atoms with Crippen LogP contribution in [0, 0.1) is 18.3 Å². The van der Waals surface area contributed by atoms with Gasteiger partial charge < -0.3 is 9.15 Å². The standard InChI is InChI=1S/C18H11F6NO3/c1-10-14(6-7-27-10)15(26)12(9-25)8-11-2-4-13(5-3-11)28-18(23,24)16(19)17(20,21)22/h2-8,16H,1H3/b12-8+/t16-/m1/s1. The molecule has 0 fully saturated rings. The molecule has 0 aliphatic rings. The molecule has 1 aromatic heterocycles. The van der Waals surface area contributed by atoms with Crippen LogP contribution >= 0.6 is 0 Å². The van der Waals surface area contributed by atoms with Crippen molar-refractivity contribution in [3.8, 4) is 11.8 Å². The largest absolute Gasteiger partial charge is 0.469 e. The van der Waals surface area contributed by atoms with E-state index in [9.17, 15) is 31.1 Å². The van der Waals surface area contributed by atoms with E-state index < -0.39 is 30.0 Å². The Morgan fingerprint density at radius 2 is 1.79 bits per heavy atom. The van der Waals surface area contributed by atoms with E-state index in [4.69, 9.17) is 9.68 Å². The number of halogens is 6. The van der Waals surface area contributed by atoms with Gasteiger partial charge in [-0.25, -0.2) is 4.39 Å². The molecule has 0 saturated heterocycles. The summed E-state index contributed by atoms with van der Waals surface area (Å²) in [5, 5.41) is 9.15. The summed E-state index contributed by atoms with van der Waals surface area (Å²) in [6.45, 7) is 1.52. The van der Waals surface area contributed by atoms with Gasteiger partial charge in [-0.2, -0.15) is 27.2 Å². The predicted molar refractivity (Wildman–Crippen MR) is 84.3 cm³/mol. The van der Waals surface area contributed by atoms with E-state index >= 15 is 0 Å². The average Bonchev–Trinajstić information content (AvgIpc) is 3.04. The quantitative estimate of drug-likeness (QED) is 0.286. The van der Waals surface area contributed by atoms with Crippen LogP contribution in [-0.4, -0.2) is 24.2 Å². The second-order valence-corrected chi connectivity index (χ2v) is 5.53. The van der Waals surface area contributed by atoms with Crippen molar-refractivity contribution in [2.24, 2.45) is 0 Å². The predicted octanol–water partition coefficient (Wildman–Crippen LogP) is 5.25. The molecule has 148 valence electrons. The second kappa shape index (κ2) is 7.80. The number of aryl methyl sites for hydroxylation is 1. The van der Waals surface area contributed by atoms with Gasteiger partial charge in [0.2, 0.25) is 5.78 Å². The topological polar surface area (TPSA) is 63.2 Å².